The Kier molecular flexibility index (Phi) is 6.42. The second-order valence-corrected chi connectivity index (χ2v) is 6.36. The average Bonchev–Trinajstić information content (AvgIpc) is 2.42. The van der Waals surface area contributed by atoms with E-state index in [4.69, 9.17) is 9.47 Å². The first-order valence-electron chi connectivity index (χ1n) is 7.84. The van der Waals surface area contributed by atoms with Crippen LogP contribution in [-0.2, 0) is 9.53 Å². The van der Waals surface area contributed by atoms with E-state index >= 15 is 0 Å². The van der Waals surface area contributed by atoms with E-state index in [2.05, 4.69) is 19.2 Å². The van der Waals surface area contributed by atoms with Crippen LogP contribution in [0.4, 0.5) is 5.69 Å². The van der Waals surface area contributed by atoms with Gasteiger partial charge in [-0.05, 0) is 63.3 Å². The summed E-state index contributed by atoms with van der Waals surface area (Å²) in [5.74, 6) is 1.14. The highest BCUT2D eigenvalue weighted by Crippen LogP contribution is 2.29. The van der Waals surface area contributed by atoms with E-state index in [9.17, 15) is 4.79 Å². The third kappa shape index (κ3) is 4.47. The Labute approximate surface area is 134 Å². The second kappa shape index (κ2) is 7.63. The lowest BCUT2D eigenvalue weighted by atomic mass is 9.93. The number of ether oxygens (including phenoxy) is 2. The topological polar surface area (TPSA) is 47.6 Å². The molecule has 4 nitrogen and oxygen atoms in total. The molecule has 0 aliphatic carbocycles. The van der Waals surface area contributed by atoms with Crippen LogP contribution in [0.1, 0.15) is 45.2 Å². The van der Waals surface area contributed by atoms with Gasteiger partial charge in [-0.1, -0.05) is 13.8 Å². The number of carbonyl (C=O) groups is 1. The molecular formula is C18H29NO3. The fourth-order valence-electron chi connectivity index (χ4n) is 2.71. The van der Waals surface area contributed by atoms with Crippen molar-refractivity contribution in [2.24, 2.45) is 5.92 Å². The highest BCUT2D eigenvalue weighted by molar-refractivity contribution is 5.97. The molecule has 0 spiro atoms. The standard InChI is InChI=1S/C18H29NO3/c1-8-22-16-13(4)9-15(10-14(16)5)19-17(20)18(6,21-7)11-12(2)3/h9-10,12H,8,11H2,1-7H3,(H,19,20)/t18-/m1/s1. The van der Waals surface area contributed by atoms with Crippen LogP contribution in [0.25, 0.3) is 0 Å². The van der Waals surface area contributed by atoms with Crippen LogP contribution in [0.3, 0.4) is 0 Å². The van der Waals surface area contributed by atoms with Gasteiger partial charge in [-0.15, -0.1) is 0 Å². The molecule has 0 fully saturated rings. The number of carbonyl (C=O) groups excluding carboxylic acids is 1. The highest BCUT2D eigenvalue weighted by atomic mass is 16.5. The van der Waals surface area contributed by atoms with Crippen molar-refractivity contribution in [2.45, 2.75) is 53.6 Å². The molecule has 0 bridgehead atoms. The van der Waals surface area contributed by atoms with Crippen molar-refractivity contribution in [1.82, 2.24) is 0 Å². The number of aryl methyl sites for hydroxylation is 2. The van der Waals surface area contributed by atoms with Gasteiger partial charge in [0.2, 0.25) is 0 Å². The van der Waals surface area contributed by atoms with E-state index in [1.807, 2.05) is 39.8 Å². The normalized spacial score (nSPS) is 13.8. The van der Waals surface area contributed by atoms with E-state index in [0.717, 1.165) is 22.6 Å². The highest BCUT2D eigenvalue weighted by Gasteiger charge is 2.34. The molecular weight excluding hydrogens is 278 g/mol. The Morgan fingerprint density at radius 2 is 1.82 bits per heavy atom. The second-order valence-electron chi connectivity index (χ2n) is 6.36. The number of methoxy groups -OCH3 is 1. The van der Waals surface area contributed by atoms with E-state index in [1.54, 1.807) is 7.11 Å². The number of hydrogen-bond donors (Lipinski definition) is 1. The van der Waals surface area contributed by atoms with Crippen LogP contribution >= 0.6 is 0 Å². The summed E-state index contributed by atoms with van der Waals surface area (Å²) in [6.45, 7) is 12.5. The Morgan fingerprint density at radius 3 is 2.23 bits per heavy atom. The first kappa shape index (κ1) is 18.5. The predicted molar refractivity (Wildman–Crippen MR) is 90.6 cm³/mol. The van der Waals surface area contributed by atoms with Crippen molar-refractivity contribution >= 4 is 11.6 Å². The monoisotopic (exact) mass is 307 g/mol. The molecule has 0 unspecified atom stereocenters. The molecule has 0 radical (unpaired) electrons. The minimum atomic E-state index is -0.825. The maximum absolute atomic E-state index is 12.6. The zero-order valence-corrected chi connectivity index (χ0v) is 14.9. The van der Waals surface area contributed by atoms with Crippen LogP contribution in [-0.4, -0.2) is 25.2 Å². The van der Waals surface area contributed by atoms with Gasteiger partial charge >= 0.3 is 0 Å². The summed E-state index contributed by atoms with van der Waals surface area (Å²) >= 11 is 0. The molecule has 1 aromatic rings. The van der Waals surface area contributed by atoms with Gasteiger partial charge < -0.3 is 14.8 Å². The number of rotatable bonds is 7. The smallest absolute Gasteiger partial charge is 0.256 e. The molecule has 1 atom stereocenters. The third-order valence-electron chi connectivity index (χ3n) is 3.74. The lowest BCUT2D eigenvalue weighted by Crippen LogP contribution is -2.43. The number of benzene rings is 1. The zero-order chi connectivity index (χ0) is 16.9. The molecule has 0 aliphatic heterocycles. The van der Waals surface area contributed by atoms with Gasteiger partial charge in [-0.25, -0.2) is 0 Å². The molecule has 1 rings (SSSR count). The van der Waals surface area contributed by atoms with Crippen LogP contribution in [0.5, 0.6) is 5.75 Å². The molecule has 0 aromatic heterocycles. The maximum atomic E-state index is 12.6. The quantitative estimate of drug-likeness (QED) is 0.825. The zero-order valence-electron chi connectivity index (χ0n) is 14.9. The Morgan fingerprint density at radius 1 is 1.27 bits per heavy atom. The molecule has 0 saturated heterocycles. The summed E-state index contributed by atoms with van der Waals surface area (Å²) in [4.78, 5) is 12.6. The van der Waals surface area contributed by atoms with Crippen molar-refractivity contribution in [3.8, 4) is 5.75 Å². The van der Waals surface area contributed by atoms with E-state index in [0.29, 0.717) is 18.9 Å². The first-order valence-corrected chi connectivity index (χ1v) is 7.84. The summed E-state index contributed by atoms with van der Waals surface area (Å²) in [7, 11) is 1.58. The van der Waals surface area contributed by atoms with Gasteiger partial charge in [0.25, 0.3) is 5.91 Å². The molecule has 124 valence electrons. The van der Waals surface area contributed by atoms with Gasteiger partial charge in [-0.3, -0.25) is 4.79 Å². The first-order chi connectivity index (χ1) is 10.2. The molecule has 1 amide bonds. The number of hydrogen-bond acceptors (Lipinski definition) is 3. The summed E-state index contributed by atoms with van der Waals surface area (Å²) in [6.07, 6.45) is 0.671. The maximum Gasteiger partial charge on any atom is 0.256 e. The van der Waals surface area contributed by atoms with Gasteiger partial charge in [0, 0.05) is 12.8 Å². The van der Waals surface area contributed by atoms with Gasteiger partial charge in [-0.2, -0.15) is 0 Å². The van der Waals surface area contributed by atoms with Crippen molar-refractivity contribution in [1.29, 1.82) is 0 Å². The SMILES string of the molecule is CCOc1c(C)cc(NC(=O)[C@@](C)(CC(C)C)OC)cc1C. The number of nitrogens with one attached hydrogen (secondary N) is 1. The molecule has 1 N–H and O–H groups in total. The van der Waals surface area contributed by atoms with E-state index in [1.165, 1.54) is 0 Å². The van der Waals surface area contributed by atoms with Crippen LogP contribution < -0.4 is 10.1 Å². The van der Waals surface area contributed by atoms with Crippen molar-refractivity contribution in [3.63, 3.8) is 0 Å². The van der Waals surface area contributed by atoms with E-state index < -0.39 is 5.60 Å². The van der Waals surface area contributed by atoms with E-state index in [-0.39, 0.29) is 5.91 Å². The third-order valence-corrected chi connectivity index (χ3v) is 3.74. The van der Waals surface area contributed by atoms with Gasteiger partial charge in [0.05, 0.1) is 6.61 Å². The molecule has 22 heavy (non-hydrogen) atoms. The molecule has 0 heterocycles. The fraction of sp³-hybridized carbons (Fsp3) is 0.611. The molecule has 0 saturated carbocycles. The van der Waals surface area contributed by atoms with Gasteiger partial charge in [0.15, 0.2) is 0 Å². The Hall–Kier alpha value is -1.55. The summed E-state index contributed by atoms with van der Waals surface area (Å²) in [6, 6.07) is 3.86. The summed E-state index contributed by atoms with van der Waals surface area (Å²) in [5, 5.41) is 2.97. The molecule has 1 aromatic carbocycles. The van der Waals surface area contributed by atoms with Crippen LogP contribution in [0.2, 0.25) is 0 Å². The summed E-state index contributed by atoms with van der Waals surface area (Å²) < 4.78 is 11.1. The Balaban J connectivity index is 2.97. The lowest BCUT2D eigenvalue weighted by Gasteiger charge is -2.28. The van der Waals surface area contributed by atoms with Crippen molar-refractivity contribution in [3.05, 3.63) is 23.3 Å². The van der Waals surface area contributed by atoms with Crippen molar-refractivity contribution < 1.29 is 14.3 Å². The summed E-state index contributed by atoms with van der Waals surface area (Å²) in [5.41, 5.74) is 1.98. The van der Waals surface area contributed by atoms with Gasteiger partial charge in [0.1, 0.15) is 11.4 Å². The lowest BCUT2D eigenvalue weighted by molar-refractivity contribution is -0.137. The molecule has 4 heteroatoms. The minimum absolute atomic E-state index is 0.119. The van der Waals surface area contributed by atoms with Crippen LogP contribution in [0, 0.1) is 19.8 Å². The fourth-order valence-corrected chi connectivity index (χ4v) is 2.71. The number of amides is 1. The van der Waals surface area contributed by atoms with Crippen LogP contribution in [0.15, 0.2) is 12.1 Å². The minimum Gasteiger partial charge on any atom is -0.493 e. The molecule has 0 aliphatic rings. The average molecular weight is 307 g/mol. The van der Waals surface area contributed by atoms with Crippen molar-refractivity contribution in [2.75, 3.05) is 19.0 Å². The predicted octanol–water partition coefficient (Wildman–Crippen LogP) is 4.09. The Bertz CT molecular complexity index is 502. The number of anilines is 1. The largest absolute Gasteiger partial charge is 0.493 e.